The molecular weight excluding hydrogens is 311 g/mol. The van der Waals surface area contributed by atoms with Gasteiger partial charge in [0.25, 0.3) is 5.69 Å². The Balaban J connectivity index is 2.35. The van der Waals surface area contributed by atoms with Crippen LogP contribution in [-0.4, -0.2) is 58.4 Å². The van der Waals surface area contributed by atoms with Crippen LogP contribution in [0.4, 0.5) is 20.6 Å². The fourth-order valence-electron chi connectivity index (χ4n) is 2.54. The third-order valence-corrected chi connectivity index (χ3v) is 3.69. The number of nitro benzene ring substituents is 1. The van der Waals surface area contributed by atoms with E-state index in [1.54, 1.807) is 0 Å². The van der Waals surface area contributed by atoms with Crippen molar-refractivity contribution in [2.24, 2.45) is 0 Å². The fraction of sp³-hybridized carbons (Fsp3) is 0.385. The summed E-state index contributed by atoms with van der Waals surface area (Å²) >= 11 is 0. The second-order valence-corrected chi connectivity index (χ2v) is 4.92. The number of nitrogens with zero attached hydrogens (tertiary/aromatic N) is 4. The molecule has 1 aliphatic heterocycles. The van der Waals surface area contributed by atoms with Gasteiger partial charge in [0.1, 0.15) is 6.07 Å². The number of aliphatic hydroxyl groups is 1. The Morgan fingerprint density at radius 2 is 2.22 bits per heavy atom. The third-order valence-electron chi connectivity index (χ3n) is 3.69. The maximum absolute atomic E-state index is 14.4. The van der Waals surface area contributed by atoms with Gasteiger partial charge in [0, 0.05) is 25.7 Å². The molecule has 1 aromatic carbocycles. The van der Waals surface area contributed by atoms with Crippen LogP contribution in [0.1, 0.15) is 5.56 Å². The Hall–Kier alpha value is -2.93. The van der Waals surface area contributed by atoms with Gasteiger partial charge in [-0.25, -0.2) is 9.18 Å². The SMILES string of the molecule is N#Cc1c([N+](=O)[O-])ccc(N2CCN(C(=O)O)C(CO)C2)c1F. The van der Waals surface area contributed by atoms with Gasteiger partial charge in [0.15, 0.2) is 11.4 Å². The van der Waals surface area contributed by atoms with Gasteiger partial charge in [-0.1, -0.05) is 0 Å². The van der Waals surface area contributed by atoms with E-state index >= 15 is 0 Å². The van der Waals surface area contributed by atoms with E-state index in [0.717, 1.165) is 11.0 Å². The number of anilines is 1. The van der Waals surface area contributed by atoms with Crippen molar-refractivity contribution in [1.82, 2.24) is 4.90 Å². The Bertz CT molecular complexity index is 690. The first-order valence-corrected chi connectivity index (χ1v) is 6.63. The van der Waals surface area contributed by atoms with Crippen molar-refractivity contribution in [2.75, 3.05) is 31.1 Å². The van der Waals surface area contributed by atoms with Crippen LogP contribution in [0.15, 0.2) is 12.1 Å². The standard InChI is InChI=1S/C13H13FN4O5/c14-12-9(5-15)10(18(22)23)1-2-11(12)16-3-4-17(13(20)21)8(6-16)7-19/h1-2,8,19H,3-4,6-7H2,(H,20,21). The molecule has 1 aromatic rings. The van der Waals surface area contributed by atoms with Crippen LogP contribution in [-0.2, 0) is 0 Å². The summed E-state index contributed by atoms with van der Waals surface area (Å²) < 4.78 is 14.4. The lowest BCUT2D eigenvalue weighted by Crippen LogP contribution is -2.56. The first-order valence-electron chi connectivity index (χ1n) is 6.63. The molecule has 0 aromatic heterocycles. The molecule has 0 aliphatic carbocycles. The van der Waals surface area contributed by atoms with Crippen molar-refractivity contribution in [1.29, 1.82) is 5.26 Å². The Morgan fingerprint density at radius 3 is 2.74 bits per heavy atom. The summed E-state index contributed by atoms with van der Waals surface area (Å²) in [4.78, 5) is 23.5. The van der Waals surface area contributed by atoms with Gasteiger partial charge in [-0.15, -0.1) is 0 Å². The zero-order valence-electron chi connectivity index (χ0n) is 11.8. The molecule has 2 rings (SSSR count). The molecule has 1 aliphatic rings. The molecule has 2 N–H and O–H groups in total. The number of aliphatic hydroxyl groups excluding tert-OH is 1. The second-order valence-electron chi connectivity index (χ2n) is 4.92. The highest BCUT2D eigenvalue weighted by molar-refractivity contribution is 5.67. The van der Waals surface area contributed by atoms with Crippen LogP contribution >= 0.6 is 0 Å². The molecule has 23 heavy (non-hydrogen) atoms. The lowest BCUT2D eigenvalue weighted by Gasteiger charge is -2.40. The molecule has 10 heteroatoms. The van der Waals surface area contributed by atoms with Crippen molar-refractivity contribution in [3.05, 3.63) is 33.6 Å². The molecule has 0 bridgehead atoms. The molecule has 0 spiro atoms. The summed E-state index contributed by atoms with van der Waals surface area (Å²) in [5.74, 6) is -1.03. The first-order chi connectivity index (χ1) is 10.9. The van der Waals surface area contributed by atoms with E-state index in [2.05, 4.69) is 0 Å². The van der Waals surface area contributed by atoms with Crippen LogP contribution in [0.2, 0.25) is 0 Å². The number of nitro groups is 1. The maximum Gasteiger partial charge on any atom is 0.407 e. The van der Waals surface area contributed by atoms with Gasteiger partial charge in [-0.3, -0.25) is 15.0 Å². The van der Waals surface area contributed by atoms with Crippen molar-refractivity contribution >= 4 is 17.5 Å². The predicted octanol–water partition coefficient (Wildman–Crippen LogP) is 0.766. The van der Waals surface area contributed by atoms with Crippen molar-refractivity contribution in [3.63, 3.8) is 0 Å². The molecule has 9 nitrogen and oxygen atoms in total. The number of amides is 1. The smallest absolute Gasteiger partial charge is 0.407 e. The van der Waals surface area contributed by atoms with Crippen LogP contribution in [0, 0.1) is 27.3 Å². The zero-order chi connectivity index (χ0) is 17.1. The quantitative estimate of drug-likeness (QED) is 0.620. The number of nitriles is 1. The van der Waals surface area contributed by atoms with E-state index in [1.165, 1.54) is 17.0 Å². The van der Waals surface area contributed by atoms with Crippen LogP contribution in [0.3, 0.4) is 0 Å². The average molecular weight is 324 g/mol. The number of halogens is 1. The fourth-order valence-corrected chi connectivity index (χ4v) is 2.54. The molecule has 0 radical (unpaired) electrons. The average Bonchev–Trinajstić information content (AvgIpc) is 2.53. The van der Waals surface area contributed by atoms with Gasteiger partial charge in [-0.2, -0.15) is 5.26 Å². The number of carboxylic acid groups (broad SMARTS) is 1. The second kappa shape index (κ2) is 6.45. The minimum Gasteiger partial charge on any atom is -0.465 e. The monoisotopic (exact) mass is 324 g/mol. The van der Waals surface area contributed by atoms with E-state index in [4.69, 9.17) is 10.4 Å². The highest BCUT2D eigenvalue weighted by atomic mass is 19.1. The Labute approximate surface area is 129 Å². The number of rotatable bonds is 3. The number of carbonyl (C=O) groups is 1. The van der Waals surface area contributed by atoms with E-state index in [1.807, 2.05) is 0 Å². The highest BCUT2D eigenvalue weighted by Gasteiger charge is 2.32. The van der Waals surface area contributed by atoms with Gasteiger partial charge in [0.2, 0.25) is 0 Å². The summed E-state index contributed by atoms with van der Waals surface area (Å²) in [6, 6.07) is 2.95. The van der Waals surface area contributed by atoms with Crippen molar-refractivity contribution in [3.8, 4) is 6.07 Å². The van der Waals surface area contributed by atoms with Gasteiger partial charge < -0.3 is 15.1 Å². The lowest BCUT2D eigenvalue weighted by molar-refractivity contribution is -0.385. The minimum absolute atomic E-state index is 0.0163. The molecule has 1 amide bonds. The molecule has 1 atom stereocenters. The third kappa shape index (κ3) is 3.00. The van der Waals surface area contributed by atoms with Gasteiger partial charge >= 0.3 is 6.09 Å². The predicted molar refractivity (Wildman–Crippen MR) is 75.6 cm³/mol. The molecule has 0 saturated carbocycles. The summed E-state index contributed by atoms with van der Waals surface area (Å²) in [7, 11) is 0. The molecule has 1 unspecified atom stereocenters. The summed E-state index contributed by atoms with van der Waals surface area (Å²) in [6.07, 6.45) is -1.19. The molecule has 1 saturated heterocycles. The van der Waals surface area contributed by atoms with Crippen molar-refractivity contribution in [2.45, 2.75) is 6.04 Å². The van der Waals surface area contributed by atoms with Crippen LogP contribution < -0.4 is 4.90 Å². The van der Waals surface area contributed by atoms with E-state index in [0.29, 0.717) is 0 Å². The van der Waals surface area contributed by atoms with Gasteiger partial charge in [0.05, 0.1) is 23.3 Å². The Morgan fingerprint density at radius 1 is 1.52 bits per heavy atom. The minimum atomic E-state index is -1.19. The van der Waals surface area contributed by atoms with Crippen LogP contribution in [0.25, 0.3) is 0 Å². The number of hydrogen-bond acceptors (Lipinski definition) is 6. The molecular formula is C13H13FN4O5. The van der Waals surface area contributed by atoms with E-state index < -0.39 is 40.7 Å². The largest absolute Gasteiger partial charge is 0.465 e. The molecule has 1 heterocycles. The molecule has 122 valence electrons. The van der Waals surface area contributed by atoms with Crippen molar-refractivity contribution < 1.29 is 24.3 Å². The summed E-state index contributed by atoms with van der Waals surface area (Å²) in [6.45, 7) is -0.244. The number of benzene rings is 1. The summed E-state index contributed by atoms with van der Waals surface area (Å²) in [5.41, 5.74) is -1.33. The number of hydrogen-bond donors (Lipinski definition) is 2. The van der Waals surface area contributed by atoms with E-state index in [-0.39, 0.29) is 25.3 Å². The first kappa shape index (κ1) is 16.4. The number of piperazine rings is 1. The molecule has 1 fully saturated rings. The van der Waals surface area contributed by atoms with E-state index in [9.17, 15) is 24.4 Å². The lowest BCUT2D eigenvalue weighted by atomic mass is 10.1. The highest BCUT2D eigenvalue weighted by Crippen LogP contribution is 2.30. The normalized spacial score (nSPS) is 17.7. The topological polar surface area (TPSA) is 131 Å². The van der Waals surface area contributed by atoms with Crippen LogP contribution in [0.5, 0.6) is 0 Å². The summed E-state index contributed by atoms with van der Waals surface area (Å²) in [5, 5.41) is 38.1. The van der Waals surface area contributed by atoms with Gasteiger partial charge in [-0.05, 0) is 6.07 Å². The zero-order valence-corrected chi connectivity index (χ0v) is 11.8. The maximum atomic E-state index is 14.4. The Kier molecular flexibility index (Phi) is 4.61.